The first-order chi connectivity index (χ1) is 9.04. The second kappa shape index (κ2) is 7.79. The number of carbonyl (C=O) groups is 2. The second-order valence-corrected chi connectivity index (χ2v) is 4.77. The largest absolute Gasteiger partial charge is 0.478 e. The van der Waals surface area contributed by atoms with Gasteiger partial charge in [0.2, 0.25) is 5.91 Å². The number of rotatable bonds is 7. The van der Waals surface area contributed by atoms with Crippen LogP contribution in [0.5, 0.6) is 0 Å². The van der Waals surface area contributed by atoms with Gasteiger partial charge in [0.05, 0.1) is 16.3 Å². The minimum atomic E-state index is -1.04. The van der Waals surface area contributed by atoms with Gasteiger partial charge < -0.3 is 10.4 Å². The molecule has 0 fully saturated rings. The number of hydrogen-bond acceptors (Lipinski definition) is 2. The first-order valence-electron chi connectivity index (χ1n) is 6.37. The molecular formula is C14H18ClNO3. The molecule has 0 aromatic heterocycles. The van der Waals surface area contributed by atoms with Crippen molar-refractivity contribution in [2.45, 2.75) is 39.0 Å². The summed E-state index contributed by atoms with van der Waals surface area (Å²) in [5, 5.41) is 11.7. The van der Waals surface area contributed by atoms with E-state index in [9.17, 15) is 9.59 Å². The third-order valence-corrected chi connectivity index (χ3v) is 3.06. The van der Waals surface area contributed by atoms with Crippen LogP contribution in [0.1, 0.15) is 49.4 Å². The number of amides is 1. The van der Waals surface area contributed by atoms with Crippen LogP contribution in [0, 0.1) is 0 Å². The summed E-state index contributed by atoms with van der Waals surface area (Å²) >= 11 is 5.92. The smallest absolute Gasteiger partial charge is 0.335 e. The first kappa shape index (κ1) is 15.5. The zero-order chi connectivity index (χ0) is 14.3. The molecule has 0 bridgehead atoms. The lowest BCUT2D eigenvalue weighted by molar-refractivity contribution is -0.116. The summed E-state index contributed by atoms with van der Waals surface area (Å²) in [5.74, 6) is -1.14. The highest BCUT2D eigenvalue weighted by atomic mass is 35.5. The number of benzene rings is 1. The van der Waals surface area contributed by atoms with Crippen molar-refractivity contribution >= 4 is 29.2 Å². The van der Waals surface area contributed by atoms with E-state index in [0.29, 0.717) is 12.1 Å². The van der Waals surface area contributed by atoms with E-state index in [-0.39, 0.29) is 16.5 Å². The average Bonchev–Trinajstić information content (AvgIpc) is 2.37. The maximum absolute atomic E-state index is 11.7. The van der Waals surface area contributed by atoms with Crippen LogP contribution in [0.2, 0.25) is 5.02 Å². The average molecular weight is 284 g/mol. The monoisotopic (exact) mass is 283 g/mol. The van der Waals surface area contributed by atoms with Gasteiger partial charge in [-0.05, 0) is 24.6 Å². The van der Waals surface area contributed by atoms with E-state index < -0.39 is 5.97 Å². The number of aromatic carboxylic acids is 1. The Bertz CT molecular complexity index is 460. The molecule has 1 rings (SSSR count). The van der Waals surface area contributed by atoms with Crippen LogP contribution in [-0.2, 0) is 4.79 Å². The predicted octanol–water partition coefficient (Wildman–Crippen LogP) is 3.95. The summed E-state index contributed by atoms with van der Waals surface area (Å²) in [6.07, 6.45) is 4.60. The summed E-state index contributed by atoms with van der Waals surface area (Å²) in [5.41, 5.74) is 0.554. The van der Waals surface area contributed by atoms with Gasteiger partial charge in [-0.25, -0.2) is 4.79 Å². The molecule has 0 atom stereocenters. The molecule has 0 spiro atoms. The number of carbonyl (C=O) groups excluding carboxylic acids is 1. The number of nitrogens with one attached hydrogen (secondary N) is 1. The van der Waals surface area contributed by atoms with Crippen molar-refractivity contribution in [3.8, 4) is 0 Å². The van der Waals surface area contributed by atoms with Crippen LogP contribution in [0.25, 0.3) is 0 Å². The van der Waals surface area contributed by atoms with Crippen molar-refractivity contribution in [1.29, 1.82) is 0 Å². The Kier molecular flexibility index (Phi) is 6.36. The third-order valence-electron chi connectivity index (χ3n) is 2.75. The molecule has 0 saturated carbocycles. The molecule has 1 aromatic rings. The second-order valence-electron chi connectivity index (χ2n) is 4.36. The summed E-state index contributed by atoms with van der Waals surface area (Å²) in [6.45, 7) is 2.11. The Morgan fingerprint density at radius 3 is 2.58 bits per heavy atom. The fourth-order valence-electron chi connectivity index (χ4n) is 1.67. The lowest BCUT2D eigenvalue weighted by Crippen LogP contribution is -2.11. The predicted molar refractivity (Wildman–Crippen MR) is 75.8 cm³/mol. The van der Waals surface area contributed by atoms with Gasteiger partial charge in [0.15, 0.2) is 0 Å². The van der Waals surface area contributed by atoms with Gasteiger partial charge in [0.1, 0.15) is 0 Å². The molecule has 0 heterocycles. The van der Waals surface area contributed by atoms with E-state index in [1.54, 1.807) is 0 Å². The maximum Gasteiger partial charge on any atom is 0.335 e. The van der Waals surface area contributed by atoms with E-state index in [2.05, 4.69) is 12.2 Å². The van der Waals surface area contributed by atoms with Crippen LogP contribution in [0.4, 0.5) is 5.69 Å². The molecule has 1 aromatic carbocycles. The van der Waals surface area contributed by atoms with Gasteiger partial charge in [0.25, 0.3) is 0 Å². The Hall–Kier alpha value is -1.55. The van der Waals surface area contributed by atoms with Crippen molar-refractivity contribution in [1.82, 2.24) is 0 Å². The van der Waals surface area contributed by atoms with Crippen molar-refractivity contribution in [3.63, 3.8) is 0 Å². The zero-order valence-electron chi connectivity index (χ0n) is 10.9. The lowest BCUT2D eigenvalue weighted by Gasteiger charge is -2.07. The minimum Gasteiger partial charge on any atom is -0.478 e. The molecule has 2 N–H and O–H groups in total. The Morgan fingerprint density at radius 1 is 1.26 bits per heavy atom. The molecule has 0 unspecified atom stereocenters. The SMILES string of the molecule is CCCCCCC(=O)Nc1ccc(C(=O)O)cc1Cl. The Balaban J connectivity index is 2.52. The van der Waals surface area contributed by atoms with Gasteiger partial charge in [0, 0.05) is 6.42 Å². The van der Waals surface area contributed by atoms with Gasteiger partial charge in [-0.1, -0.05) is 37.8 Å². The molecule has 4 nitrogen and oxygen atoms in total. The van der Waals surface area contributed by atoms with E-state index in [0.717, 1.165) is 25.7 Å². The molecule has 0 aliphatic heterocycles. The maximum atomic E-state index is 11.7. The number of halogens is 1. The van der Waals surface area contributed by atoms with Crippen LogP contribution < -0.4 is 5.32 Å². The van der Waals surface area contributed by atoms with Crippen molar-refractivity contribution < 1.29 is 14.7 Å². The number of unbranched alkanes of at least 4 members (excludes halogenated alkanes) is 3. The molecule has 0 radical (unpaired) electrons. The lowest BCUT2D eigenvalue weighted by atomic mass is 10.1. The zero-order valence-corrected chi connectivity index (χ0v) is 11.7. The van der Waals surface area contributed by atoms with Crippen molar-refractivity contribution in [2.75, 3.05) is 5.32 Å². The summed E-state index contributed by atoms with van der Waals surface area (Å²) in [7, 11) is 0. The molecule has 104 valence electrons. The molecule has 0 aliphatic carbocycles. The van der Waals surface area contributed by atoms with Gasteiger partial charge >= 0.3 is 5.97 Å². The standard InChI is InChI=1S/C14H18ClNO3/c1-2-3-4-5-6-13(17)16-12-8-7-10(14(18)19)9-11(12)15/h7-9H,2-6H2,1H3,(H,16,17)(H,18,19). The third kappa shape index (κ3) is 5.30. The number of carboxylic acids is 1. The van der Waals surface area contributed by atoms with Crippen LogP contribution in [-0.4, -0.2) is 17.0 Å². The van der Waals surface area contributed by atoms with Crippen molar-refractivity contribution in [3.05, 3.63) is 28.8 Å². The molecule has 0 aliphatic rings. The van der Waals surface area contributed by atoms with Crippen molar-refractivity contribution in [2.24, 2.45) is 0 Å². The van der Waals surface area contributed by atoms with Gasteiger partial charge in [-0.3, -0.25) is 4.79 Å². The molecule has 19 heavy (non-hydrogen) atoms. The minimum absolute atomic E-state index is 0.0962. The molecular weight excluding hydrogens is 266 g/mol. The van der Waals surface area contributed by atoms with E-state index in [1.165, 1.54) is 18.2 Å². The number of anilines is 1. The fourth-order valence-corrected chi connectivity index (χ4v) is 1.90. The highest BCUT2D eigenvalue weighted by Crippen LogP contribution is 2.23. The molecule has 1 amide bonds. The topological polar surface area (TPSA) is 66.4 Å². The number of hydrogen-bond donors (Lipinski definition) is 2. The highest BCUT2D eigenvalue weighted by Gasteiger charge is 2.09. The van der Waals surface area contributed by atoms with E-state index in [1.807, 2.05) is 0 Å². The van der Waals surface area contributed by atoms with E-state index in [4.69, 9.17) is 16.7 Å². The summed E-state index contributed by atoms with van der Waals surface area (Å²) in [4.78, 5) is 22.4. The first-order valence-corrected chi connectivity index (χ1v) is 6.75. The van der Waals surface area contributed by atoms with E-state index >= 15 is 0 Å². The van der Waals surface area contributed by atoms with Gasteiger partial charge in [-0.15, -0.1) is 0 Å². The Morgan fingerprint density at radius 2 is 2.00 bits per heavy atom. The Labute approximate surface area is 117 Å². The summed E-state index contributed by atoms with van der Waals surface area (Å²) in [6, 6.07) is 4.26. The fraction of sp³-hybridized carbons (Fsp3) is 0.429. The summed E-state index contributed by atoms with van der Waals surface area (Å²) < 4.78 is 0. The highest BCUT2D eigenvalue weighted by molar-refractivity contribution is 6.34. The van der Waals surface area contributed by atoms with Crippen LogP contribution in [0.3, 0.4) is 0 Å². The number of carboxylic acid groups (broad SMARTS) is 1. The van der Waals surface area contributed by atoms with Gasteiger partial charge in [-0.2, -0.15) is 0 Å². The quantitative estimate of drug-likeness (QED) is 0.745. The van der Waals surface area contributed by atoms with Crippen LogP contribution >= 0.6 is 11.6 Å². The van der Waals surface area contributed by atoms with Crippen LogP contribution in [0.15, 0.2) is 18.2 Å². The molecule has 0 saturated heterocycles. The normalized spacial score (nSPS) is 10.2. The molecule has 5 heteroatoms.